The summed E-state index contributed by atoms with van der Waals surface area (Å²) < 4.78 is 1.71. The van der Waals surface area contributed by atoms with Crippen LogP contribution in [-0.4, -0.2) is 43.5 Å². The van der Waals surface area contributed by atoms with E-state index in [-0.39, 0.29) is 25.5 Å². The number of thiol groups is 3. The summed E-state index contributed by atoms with van der Waals surface area (Å²) in [6.45, 7) is 9.04. The summed E-state index contributed by atoms with van der Waals surface area (Å²) in [7, 11) is 0. The Morgan fingerprint density at radius 2 is 1.45 bits per heavy atom. The van der Waals surface area contributed by atoms with E-state index in [1.54, 1.807) is 0 Å². The third kappa shape index (κ3) is 21.3. The van der Waals surface area contributed by atoms with Crippen LogP contribution in [0.25, 0.3) is 0 Å². The third-order valence-corrected chi connectivity index (χ3v) is 3.28. The molecule has 10 heteroatoms. The van der Waals surface area contributed by atoms with E-state index in [9.17, 15) is 0 Å². The van der Waals surface area contributed by atoms with Crippen molar-refractivity contribution in [2.24, 2.45) is 0 Å². The van der Waals surface area contributed by atoms with Crippen LogP contribution in [-0.2, 0) is 19.5 Å². The average molecular weight is 469 g/mol. The molecule has 0 amide bonds. The smallest absolute Gasteiger partial charge is 0.133 e. The molecule has 0 aliphatic carbocycles. The van der Waals surface area contributed by atoms with Crippen LogP contribution in [0.5, 0.6) is 0 Å². The van der Waals surface area contributed by atoms with Crippen molar-refractivity contribution >= 4 is 87.5 Å². The number of nitrogens with zero attached hydrogens (tertiary/aromatic N) is 1. The van der Waals surface area contributed by atoms with Gasteiger partial charge in [-0.2, -0.15) is 0 Å². The molecule has 0 aromatic heterocycles. The predicted molar refractivity (Wildman–Crippen MR) is 118 cm³/mol. The largest absolute Gasteiger partial charge is 0.369 e. The van der Waals surface area contributed by atoms with Gasteiger partial charge in [0, 0.05) is 45.2 Å². The van der Waals surface area contributed by atoms with Gasteiger partial charge in [0.2, 0.25) is 0 Å². The zero-order chi connectivity index (χ0) is 16.8. The van der Waals surface area contributed by atoms with Gasteiger partial charge < -0.3 is 15.5 Å². The van der Waals surface area contributed by atoms with Crippen molar-refractivity contribution in [3.8, 4) is 0 Å². The molecule has 3 nitrogen and oxygen atoms in total. The van der Waals surface area contributed by atoms with Crippen LogP contribution in [0.4, 0.5) is 0 Å². The van der Waals surface area contributed by atoms with E-state index in [0.29, 0.717) is 15.2 Å². The Hall–Kier alpha value is 1.34. The molecule has 0 aliphatic heterocycles. The molecular formula is C12H25N3S6Zn. The van der Waals surface area contributed by atoms with Gasteiger partial charge in [0.05, 0.1) is 0 Å². The number of rotatable bonds is 7. The van der Waals surface area contributed by atoms with E-state index >= 15 is 0 Å². The first-order chi connectivity index (χ1) is 9.74. The first-order valence-corrected chi connectivity index (χ1v) is 9.25. The molecule has 1 unspecified atom stereocenters. The van der Waals surface area contributed by atoms with Gasteiger partial charge in [-0.1, -0.05) is 50.5 Å². The normalized spacial score (nSPS) is 10.3. The Morgan fingerprint density at radius 1 is 1.00 bits per heavy atom. The second kappa shape index (κ2) is 18.7. The maximum atomic E-state index is 4.94. The number of nitrogens with one attached hydrogen (secondary N) is 2. The van der Waals surface area contributed by atoms with Crippen molar-refractivity contribution in [1.82, 2.24) is 15.5 Å². The molecule has 0 heterocycles. The molecule has 1 atom stereocenters. The first kappa shape index (κ1) is 28.2. The van der Waals surface area contributed by atoms with E-state index in [1.165, 1.54) is 0 Å². The maximum Gasteiger partial charge on any atom is 0.133 e. The van der Waals surface area contributed by atoms with Crippen LogP contribution in [0.3, 0.4) is 0 Å². The summed E-state index contributed by atoms with van der Waals surface area (Å²) in [5.41, 5.74) is 0. The predicted octanol–water partition coefficient (Wildman–Crippen LogP) is 3.30. The van der Waals surface area contributed by atoms with Crippen molar-refractivity contribution in [2.45, 2.75) is 39.7 Å². The van der Waals surface area contributed by atoms with E-state index in [4.69, 9.17) is 36.7 Å². The standard InChI is InChI=1S/C7H15NS2.C5H10N2S4.Zn/c1-3-5-8(6-4-2)7(9)10;1-3(7-5(10)11)2-6-4(8)9;/h3-6H2,1-2H3,(H,9,10);3H,2H2,1H3,(H2,6,8,9)(H2,7,10,11);. The topological polar surface area (TPSA) is 27.3 Å². The van der Waals surface area contributed by atoms with Crippen molar-refractivity contribution in [2.75, 3.05) is 19.6 Å². The van der Waals surface area contributed by atoms with Crippen molar-refractivity contribution in [1.29, 1.82) is 0 Å². The molecule has 0 spiro atoms. The van der Waals surface area contributed by atoms with Gasteiger partial charge in [-0.15, -0.1) is 37.9 Å². The second-order valence-corrected chi connectivity index (χ2v) is 7.74. The molecule has 0 aromatic carbocycles. The second-order valence-electron chi connectivity index (χ2n) is 4.31. The molecule has 0 saturated heterocycles. The minimum Gasteiger partial charge on any atom is -0.369 e. The van der Waals surface area contributed by atoms with Crippen LogP contribution < -0.4 is 10.6 Å². The Bertz CT molecular complexity index is 324. The molecule has 126 valence electrons. The van der Waals surface area contributed by atoms with E-state index < -0.39 is 0 Å². The van der Waals surface area contributed by atoms with Gasteiger partial charge >= 0.3 is 0 Å². The number of hydrogen-bond donors (Lipinski definition) is 5. The molecule has 0 bridgehead atoms. The SMILES string of the molecule is CC(CNC(=S)S)NC(=S)S.CCCN(CCC)C(=S)S.[Zn]. The fourth-order valence-corrected chi connectivity index (χ4v) is 2.32. The Morgan fingerprint density at radius 3 is 1.73 bits per heavy atom. The Labute approximate surface area is 180 Å². The summed E-state index contributed by atoms with van der Waals surface area (Å²) >= 11 is 26.3. The molecule has 0 radical (unpaired) electrons. The van der Waals surface area contributed by atoms with Gasteiger partial charge in [0.15, 0.2) is 0 Å². The minimum atomic E-state index is 0. The molecule has 0 aromatic rings. The van der Waals surface area contributed by atoms with Crippen LogP contribution in [0, 0.1) is 0 Å². The molecule has 0 rings (SSSR count). The zero-order valence-electron chi connectivity index (χ0n) is 13.3. The molecule has 0 fully saturated rings. The van der Waals surface area contributed by atoms with Crippen molar-refractivity contribution in [3.63, 3.8) is 0 Å². The van der Waals surface area contributed by atoms with Crippen LogP contribution >= 0.6 is 74.5 Å². The van der Waals surface area contributed by atoms with Gasteiger partial charge in [0.25, 0.3) is 0 Å². The van der Waals surface area contributed by atoms with E-state index in [1.807, 2.05) is 6.92 Å². The van der Waals surface area contributed by atoms with E-state index in [2.05, 4.69) is 67.3 Å². The summed E-state index contributed by atoms with van der Waals surface area (Å²) in [5.74, 6) is 0. The third-order valence-electron chi connectivity index (χ3n) is 2.19. The first-order valence-electron chi connectivity index (χ1n) is 6.68. The summed E-state index contributed by atoms with van der Waals surface area (Å²) in [6, 6.07) is 0.213. The average Bonchev–Trinajstić information content (AvgIpc) is 2.36. The van der Waals surface area contributed by atoms with Gasteiger partial charge in [-0.05, 0) is 19.8 Å². The monoisotopic (exact) mass is 467 g/mol. The summed E-state index contributed by atoms with van der Waals surface area (Å²) in [5, 5.41) is 5.83. The van der Waals surface area contributed by atoms with Crippen LogP contribution in [0.1, 0.15) is 33.6 Å². The van der Waals surface area contributed by atoms with Crippen molar-refractivity contribution in [3.05, 3.63) is 0 Å². The Balaban J connectivity index is -0.000000315. The minimum absolute atomic E-state index is 0. The quantitative estimate of drug-likeness (QED) is 0.224. The zero-order valence-corrected chi connectivity index (χ0v) is 21.4. The fourth-order valence-electron chi connectivity index (χ4n) is 1.35. The number of thiocarbonyl (C=S) groups is 3. The fraction of sp³-hybridized carbons (Fsp3) is 0.750. The number of hydrogen-bond acceptors (Lipinski definition) is 3. The molecule has 0 saturated carbocycles. The van der Waals surface area contributed by atoms with Crippen LogP contribution in [0.2, 0.25) is 0 Å². The Kier molecular flexibility index (Phi) is 23.9. The van der Waals surface area contributed by atoms with Gasteiger partial charge in [-0.3, -0.25) is 0 Å². The summed E-state index contributed by atoms with van der Waals surface area (Å²) in [6.07, 6.45) is 2.28. The molecular weight excluding hydrogens is 444 g/mol. The van der Waals surface area contributed by atoms with Gasteiger partial charge in [0.1, 0.15) is 13.0 Å². The molecule has 22 heavy (non-hydrogen) atoms. The van der Waals surface area contributed by atoms with E-state index in [0.717, 1.165) is 30.3 Å². The van der Waals surface area contributed by atoms with Gasteiger partial charge in [-0.25, -0.2) is 0 Å². The van der Waals surface area contributed by atoms with Crippen LogP contribution in [0.15, 0.2) is 0 Å². The van der Waals surface area contributed by atoms with Crippen molar-refractivity contribution < 1.29 is 19.5 Å². The maximum absolute atomic E-state index is 4.94. The molecule has 2 N–H and O–H groups in total. The molecule has 0 aliphatic rings. The summed E-state index contributed by atoms with van der Waals surface area (Å²) in [4.78, 5) is 2.12.